The van der Waals surface area contributed by atoms with Crippen molar-refractivity contribution in [1.82, 2.24) is 10.2 Å². The van der Waals surface area contributed by atoms with Crippen molar-refractivity contribution in [2.75, 3.05) is 13.1 Å². The summed E-state index contributed by atoms with van der Waals surface area (Å²) >= 11 is 3.44. The van der Waals surface area contributed by atoms with Gasteiger partial charge >= 0.3 is 0 Å². The largest absolute Gasteiger partial charge is 0.508 e. The number of hydrogen-bond acceptors (Lipinski definition) is 4. The predicted octanol–water partition coefficient (Wildman–Crippen LogP) is 4.79. The number of halogens is 1. The lowest BCUT2D eigenvalue weighted by Crippen LogP contribution is -2.43. The van der Waals surface area contributed by atoms with E-state index in [2.05, 4.69) is 21.2 Å². The number of phenols is 1. The molecule has 2 amide bonds. The van der Waals surface area contributed by atoms with Gasteiger partial charge < -0.3 is 21.1 Å². The Morgan fingerprint density at radius 1 is 1.00 bits per heavy atom. The number of unbranched alkanes of at least 4 members (excludes halogenated alkanes) is 1. The van der Waals surface area contributed by atoms with Gasteiger partial charge in [0.05, 0.1) is 0 Å². The minimum Gasteiger partial charge on any atom is -0.508 e. The van der Waals surface area contributed by atoms with E-state index in [4.69, 9.17) is 5.73 Å². The molecular weight excluding hydrogens is 506 g/mol. The molecule has 0 radical (unpaired) electrons. The van der Waals surface area contributed by atoms with E-state index in [0.29, 0.717) is 24.2 Å². The molecule has 0 fully saturated rings. The topological polar surface area (TPSA) is 95.7 Å². The highest BCUT2D eigenvalue weighted by molar-refractivity contribution is 9.10. The molecule has 4 N–H and O–H groups in total. The summed E-state index contributed by atoms with van der Waals surface area (Å²) < 4.78 is 0.882. The Bertz CT molecular complexity index is 1130. The van der Waals surface area contributed by atoms with Crippen LogP contribution in [0.4, 0.5) is 0 Å². The first-order chi connectivity index (χ1) is 17.0. The zero-order chi connectivity index (χ0) is 25.0. The highest BCUT2D eigenvalue weighted by Crippen LogP contribution is 2.26. The molecule has 35 heavy (non-hydrogen) atoms. The zero-order valence-electron chi connectivity index (χ0n) is 19.4. The third kappa shape index (κ3) is 8.09. The molecule has 0 saturated carbocycles. The molecular formula is C28H30BrN3O3. The first kappa shape index (κ1) is 26.2. The second-order valence-electron chi connectivity index (χ2n) is 8.12. The molecule has 6 nitrogen and oxygen atoms in total. The number of phenolic OH excluding ortho intramolecular Hbond substituents is 1. The van der Waals surface area contributed by atoms with Crippen LogP contribution < -0.4 is 11.1 Å². The Kier molecular flexibility index (Phi) is 10.1. The summed E-state index contributed by atoms with van der Waals surface area (Å²) in [6.45, 7) is 1.29. The van der Waals surface area contributed by atoms with Crippen LogP contribution in [0.3, 0.4) is 0 Å². The molecule has 0 aromatic heterocycles. The van der Waals surface area contributed by atoms with Crippen LogP contribution in [0.15, 0.2) is 89.4 Å². The summed E-state index contributed by atoms with van der Waals surface area (Å²) in [7, 11) is 0. The molecule has 1 unspecified atom stereocenters. The molecule has 3 aromatic carbocycles. The van der Waals surface area contributed by atoms with E-state index in [1.54, 1.807) is 35.2 Å². The Hall–Kier alpha value is -3.42. The van der Waals surface area contributed by atoms with Crippen molar-refractivity contribution in [2.45, 2.75) is 25.4 Å². The van der Waals surface area contributed by atoms with Crippen LogP contribution in [0.25, 0.3) is 6.08 Å². The van der Waals surface area contributed by atoms with Crippen molar-refractivity contribution in [3.8, 4) is 5.75 Å². The van der Waals surface area contributed by atoms with Gasteiger partial charge in [-0.3, -0.25) is 9.59 Å². The number of nitrogens with one attached hydrogen (secondary N) is 1. The maximum absolute atomic E-state index is 13.5. The third-order valence-corrected chi connectivity index (χ3v) is 5.97. The minimum absolute atomic E-state index is 0.116. The Balaban J connectivity index is 1.96. The van der Waals surface area contributed by atoms with Crippen molar-refractivity contribution >= 4 is 33.8 Å². The Morgan fingerprint density at radius 3 is 2.43 bits per heavy atom. The number of benzene rings is 3. The van der Waals surface area contributed by atoms with E-state index in [1.807, 2.05) is 54.6 Å². The first-order valence-corrected chi connectivity index (χ1v) is 12.3. The molecule has 0 bridgehead atoms. The standard InChI is InChI=1S/C28H30BrN3O3/c29-24-14-12-23(13-15-24)27(28(35)31-18-5-4-17-30)32(20-22-7-2-1-3-8-22)26(34)16-11-21-9-6-10-25(33)19-21/h1-3,6-16,19,27,33H,4-5,17-18,20,30H2,(H,31,35)/b16-11+. The number of nitrogens with two attached hydrogens (primary N) is 1. The average Bonchev–Trinajstić information content (AvgIpc) is 2.86. The van der Waals surface area contributed by atoms with Gasteiger partial charge in [-0.1, -0.05) is 70.5 Å². The van der Waals surface area contributed by atoms with Crippen LogP contribution in [-0.4, -0.2) is 34.9 Å². The molecule has 182 valence electrons. The summed E-state index contributed by atoms with van der Waals surface area (Å²) in [5.41, 5.74) is 7.88. The van der Waals surface area contributed by atoms with Crippen LogP contribution in [0.2, 0.25) is 0 Å². The lowest BCUT2D eigenvalue weighted by molar-refractivity contribution is -0.138. The summed E-state index contributed by atoms with van der Waals surface area (Å²) in [5.74, 6) is -0.452. The number of nitrogens with zero attached hydrogens (tertiary/aromatic N) is 1. The molecule has 0 saturated heterocycles. The SMILES string of the molecule is NCCCCNC(=O)C(c1ccc(Br)cc1)N(Cc1ccccc1)C(=O)/C=C/c1cccc(O)c1. The van der Waals surface area contributed by atoms with Gasteiger partial charge in [-0.05, 0) is 66.4 Å². The van der Waals surface area contributed by atoms with Crippen LogP contribution >= 0.6 is 15.9 Å². The lowest BCUT2D eigenvalue weighted by atomic mass is 10.0. The smallest absolute Gasteiger partial charge is 0.247 e. The van der Waals surface area contributed by atoms with Crippen molar-refractivity contribution < 1.29 is 14.7 Å². The molecule has 3 rings (SSSR count). The fraction of sp³-hybridized carbons (Fsp3) is 0.214. The summed E-state index contributed by atoms with van der Waals surface area (Å²) in [4.78, 5) is 28.5. The normalized spacial score (nSPS) is 11.8. The lowest BCUT2D eigenvalue weighted by Gasteiger charge is -2.31. The molecule has 0 heterocycles. The molecule has 0 aliphatic rings. The van der Waals surface area contributed by atoms with E-state index < -0.39 is 6.04 Å². The molecule has 1 atom stereocenters. The second-order valence-corrected chi connectivity index (χ2v) is 9.04. The third-order valence-electron chi connectivity index (χ3n) is 5.44. The van der Waals surface area contributed by atoms with E-state index >= 15 is 0 Å². The first-order valence-electron chi connectivity index (χ1n) is 11.5. The summed E-state index contributed by atoms with van der Waals surface area (Å²) in [5, 5.41) is 12.7. The molecule has 0 aliphatic heterocycles. The van der Waals surface area contributed by atoms with Crippen molar-refractivity contribution in [3.63, 3.8) is 0 Å². The van der Waals surface area contributed by atoms with Crippen LogP contribution in [0.1, 0.15) is 35.6 Å². The number of hydrogen-bond donors (Lipinski definition) is 3. The Labute approximate surface area is 214 Å². The van der Waals surface area contributed by atoms with Gasteiger partial charge in [0, 0.05) is 23.6 Å². The van der Waals surface area contributed by atoms with Crippen LogP contribution in [0, 0.1) is 0 Å². The fourth-order valence-electron chi connectivity index (χ4n) is 3.66. The predicted molar refractivity (Wildman–Crippen MR) is 142 cm³/mol. The molecule has 0 aliphatic carbocycles. The number of rotatable bonds is 11. The monoisotopic (exact) mass is 535 g/mol. The van der Waals surface area contributed by atoms with E-state index in [9.17, 15) is 14.7 Å². The van der Waals surface area contributed by atoms with Gasteiger partial charge in [0.2, 0.25) is 11.8 Å². The summed E-state index contributed by atoms with van der Waals surface area (Å²) in [6, 6.07) is 22.8. The van der Waals surface area contributed by atoms with Crippen LogP contribution in [0.5, 0.6) is 5.75 Å². The summed E-state index contributed by atoms with van der Waals surface area (Å²) in [6.07, 6.45) is 4.64. The Morgan fingerprint density at radius 2 is 1.74 bits per heavy atom. The van der Waals surface area contributed by atoms with Crippen LogP contribution in [-0.2, 0) is 16.1 Å². The maximum atomic E-state index is 13.5. The van der Waals surface area contributed by atoms with Gasteiger partial charge in [-0.2, -0.15) is 0 Å². The zero-order valence-corrected chi connectivity index (χ0v) is 21.0. The van der Waals surface area contributed by atoms with Crippen molar-refractivity contribution in [2.24, 2.45) is 5.73 Å². The molecule has 0 spiro atoms. The van der Waals surface area contributed by atoms with E-state index in [-0.39, 0.29) is 24.1 Å². The van der Waals surface area contributed by atoms with Gasteiger partial charge in [0.1, 0.15) is 11.8 Å². The van der Waals surface area contributed by atoms with Gasteiger partial charge in [0.15, 0.2) is 0 Å². The van der Waals surface area contributed by atoms with Gasteiger partial charge in [-0.15, -0.1) is 0 Å². The maximum Gasteiger partial charge on any atom is 0.247 e. The molecule has 7 heteroatoms. The highest BCUT2D eigenvalue weighted by Gasteiger charge is 2.30. The number of aromatic hydroxyl groups is 1. The number of carbonyl (C=O) groups is 2. The average molecular weight is 536 g/mol. The quantitative estimate of drug-likeness (QED) is 0.243. The number of amides is 2. The highest BCUT2D eigenvalue weighted by atomic mass is 79.9. The van der Waals surface area contributed by atoms with Crippen molar-refractivity contribution in [3.05, 3.63) is 106 Å². The van der Waals surface area contributed by atoms with Gasteiger partial charge in [0.25, 0.3) is 0 Å². The second kappa shape index (κ2) is 13.5. The van der Waals surface area contributed by atoms with E-state index in [0.717, 1.165) is 22.9 Å². The van der Waals surface area contributed by atoms with Gasteiger partial charge in [-0.25, -0.2) is 0 Å². The molecule has 3 aromatic rings. The number of carbonyl (C=O) groups excluding carboxylic acids is 2. The fourth-order valence-corrected chi connectivity index (χ4v) is 3.93. The van der Waals surface area contributed by atoms with E-state index in [1.165, 1.54) is 6.08 Å². The minimum atomic E-state index is -0.831. The van der Waals surface area contributed by atoms with Crippen molar-refractivity contribution in [1.29, 1.82) is 0 Å².